The van der Waals surface area contributed by atoms with Gasteiger partial charge in [0.05, 0.1) is 25.8 Å². The summed E-state index contributed by atoms with van der Waals surface area (Å²) in [7, 11) is 3.05. The molecule has 3 aromatic carbocycles. The van der Waals surface area contributed by atoms with Crippen LogP contribution in [0.15, 0.2) is 78.4 Å². The van der Waals surface area contributed by atoms with Gasteiger partial charge < -0.3 is 14.6 Å². The lowest BCUT2D eigenvalue weighted by molar-refractivity contribution is -0.132. The lowest BCUT2D eigenvalue weighted by Gasteiger charge is -2.26. The molecule has 4 rings (SSSR count). The van der Waals surface area contributed by atoms with E-state index in [1.165, 1.54) is 19.1 Å². The number of hydrogen-bond donors (Lipinski definition) is 1. The van der Waals surface area contributed by atoms with Crippen molar-refractivity contribution in [1.29, 1.82) is 0 Å². The van der Waals surface area contributed by atoms with Crippen molar-refractivity contribution in [2.24, 2.45) is 0 Å². The van der Waals surface area contributed by atoms with E-state index in [2.05, 4.69) is 0 Å². The van der Waals surface area contributed by atoms with Crippen molar-refractivity contribution in [3.8, 4) is 11.5 Å². The third-order valence-corrected chi connectivity index (χ3v) is 5.49. The quantitative estimate of drug-likeness (QED) is 0.363. The molecular formula is C26H23NO5. The summed E-state index contributed by atoms with van der Waals surface area (Å²) in [6.45, 7) is 1.91. The highest BCUT2D eigenvalue weighted by atomic mass is 16.5. The molecule has 162 valence electrons. The Hall–Kier alpha value is -4.06. The van der Waals surface area contributed by atoms with Crippen molar-refractivity contribution in [1.82, 2.24) is 0 Å². The molecule has 0 unspecified atom stereocenters. The summed E-state index contributed by atoms with van der Waals surface area (Å²) in [6, 6.07) is 20.4. The number of carbonyl (C=O) groups is 2. The lowest BCUT2D eigenvalue weighted by atomic mass is 9.94. The van der Waals surface area contributed by atoms with Crippen molar-refractivity contribution in [3.05, 3.63) is 95.1 Å². The average Bonchev–Trinajstić information content (AvgIpc) is 3.09. The molecule has 1 amide bonds. The number of hydrogen-bond acceptors (Lipinski definition) is 5. The van der Waals surface area contributed by atoms with E-state index in [1.54, 1.807) is 48.5 Å². The predicted octanol–water partition coefficient (Wildman–Crippen LogP) is 4.64. The second-order valence-corrected chi connectivity index (χ2v) is 7.49. The maximum absolute atomic E-state index is 13.2. The minimum atomic E-state index is -0.836. The fraction of sp³-hybridized carbons (Fsp3) is 0.154. The van der Waals surface area contributed by atoms with Crippen molar-refractivity contribution in [2.45, 2.75) is 13.0 Å². The van der Waals surface area contributed by atoms with Gasteiger partial charge in [-0.1, -0.05) is 48.5 Å². The van der Waals surface area contributed by atoms with Gasteiger partial charge in [0.25, 0.3) is 11.7 Å². The normalized spacial score (nSPS) is 17.5. The topological polar surface area (TPSA) is 76.1 Å². The molecule has 1 aliphatic heterocycles. The minimum Gasteiger partial charge on any atom is -0.507 e. The van der Waals surface area contributed by atoms with E-state index in [-0.39, 0.29) is 11.3 Å². The first-order valence-electron chi connectivity index (χ1n) is 10.1. The zero-order valence-electron chi connectivity index (χ0n) is 18.0. The van der Waals surface area contributed by atoms with Gasteiger partial charge in [-0.25, -0.2) is 0 Å². The number of aliphatic hydroxyl groups excluding tert-OH is 1. The molecule has 0 aliphatic carbocycles. The zero-order chi connectivity index (χ0) is 22.8. The van der Waals surface area contributed by atoms with Gasteiger partial charge in [0.15, 0.2) is 11.5 Å². The monoisotopic (exact) mass is 429 g/mol. The largest absolute Gasteiger partial charge is 0.507 e. The van der Waals surface area contributed by atoms with Crippen LogP contribution < -0.4 is 14.4 Å². The van der Waals surface area contributed by atoms with Gasteiger partial charge in [0.1, 0.15) is 5.76 Å². The molecule has 32 heavy (non-hydrogen) atoms. The summed E-state index contributed by atoms with van der Waals surface area (Å²) in [4.78, 5) is 27.8. The molecule has 1 heterocycles. The Morgan fingerprint density at radius 1 is 0.875 bits per heavy atom. The third kappa shape index (κ3) is 3.60. The molecule has 1 saturated heterocycles. The summed E-state index contributed by atoms with van der Waals surface area (Å²) in [5.41, 5.74) is 2.61. The number of carbonyl (C=O) groups excluding carboxylic acids is 2. The SMILES string of the molecule is COc1ccc([C@H]2C(=C(O)c3ccccc3)C(=O)C(=O)N2c2cccc(C)c2)cc1OC. The number of amides is 1. The molecule has 1 atom stereocenters. The van der Waals surface area contributed by atoms with Crippen LogP contribution in [0.4, 0.5) is 5.69 Å². The maximum Gasteiger partial charge on any atom is 0.300 e. The lowest BCUT2D eigenvalue weighted by Crippen LogP contribution is -2.29. The first-order chi connectivity index (χ1) is 15.5. The van der Waals surface area contributed by atoms with Gasteiger partial charge in [-0.3, -0.25) is 14.5 Å². The van der Waals surface area contributed by atoms with E-state index in [0.717, 1.165) is 5.56 Å². The second kappa shape index (κ2) is 8.59. The zero-order valence-corrected chi connectivity index (χ0v) is 18.0. The van der Waals surface area contributed by atoms with Crippen molar-refractivity contribution in [3.63, 3.8) is 0 Å². The number of anilines is 1. The minimum absolute atomic E-state index is 0.0231. The van der Waals surface area contributed by atoms with Crippen LogP contribution in [0.1, 0.15) is 22.7 Å². The highest BCUT2D eigenvalue weighted by Gasteiger charge is 2.47. The molecule has 1 N–H and O–H groups in total. The van der Waals surface area contributed by atoms with Gasteiger partial charge in [-0.2, -0.15) is 0 Å². The van der Waals surface area contributed by atoms with Crippen molar-refractivity contribution in [2.75, 3.05) is 19.1 Å². The Kier molecular flexibility index (Phi) is 5.69. The highest BCUT2D eigenvalue weighted by Crippen LogP contribution is 2.44. The molecule has 0 saturated carbocycles. The van der Waals surface area contributed by atoms with Crippen LogP contribution in [-0.4, -0.2) is 31.0 Å². The van der Waals surface area contributed by atoms with Crippen LogP contribution >= 0.6 is 0 Å². The van der Waals surface area contributed by atoms with Gasteiger partial charge >= 0.3 is 0 Å². The Morgan fingerprint density at radius 2 is 1.59 bits per heavy atom. The van der Waals surface area contributed by atoms with E-state index in [0.29, 0.717) is 28.3 Å². The average molecular weight is 429 g/mol. The van der Waals surface area contributed by atoms with E-state index >= 15 is 0 Å². The first kappa shape index (κ1) is 21.2. The standard InChI is InChI=1S/C26H23NO5/c1-16-8-7-11-19(14-16)27-23(18-12-13-20(31-2)21(15-18)32-3)22(25(29)26(27)30)24(28)17-9-5-4-6-10-17/h4-15,23,28H,1-3H3/t23-/m0/s1. The molecule has 0 bridgehead atoms. The number of ether oxygens (including phenoxy) is 2. The Balaban J connectivity index is 1.97. The van der Waals surface area contributed by atoms with Crippen LogP contribution in [0.5, 0.6) is 11.5 Å². The van der Waals surface area contributed by atoms with E-state index < -0.39 is 17.7 Å². The fourth-order valence-electron chi connectivity index (χ4n) is 3.97. The highest BCUT2D eigenvalue weighted by molar-refractivity contribution is 6.51. The van der Waals surface area contributed by atoms with Gasteiger partial charge in [0, 0.05) is 11.3 Å². The van der Waals surface area contributed by atoms with Crippen LogP contribution in [-0.2, 0) is 9.59 Å². The summed E-state index contributed by atoms with van der Waals surface area (Å²) in [6.07, 6.45) is 0. The van der Waals surface area contributed by atoms with E-state index in [4.69, 9.17) is 9.47 Å². The number of benzene rings is 3. The van der Waals surface area contributed by atoms with Crippen molar-refractivity contribution >= 4 is 23.1 Å². The van der Waals surface area contributed by atoms with E-state index in [9.17, 15) is 14.7 Å². The first-order valence-corrected chi connectivity index (χ1v) is 10.1. The molecule has 3 aromatic rings. The number of ketones is 1. The van der Waals surface area contributed by atoms with Crippen molar-refractivity contribution < 1.29 is 24.2 Å². The molecule has 0 spiro atoms. The molecule has 6 nitrogen and oxygen atoms in total. The Morgan fingerprint density at radius 3 is 2.25 bits per heavy atom. The summed E-state index contributed by atoms with van der Waals surface area (Å²) in [5, 5.41) is 11.1. The molecule has 1 aliphatic rings. The number of aryl methyl sites for hydroxylation is 1. The van der Waals surface area contributed by atoms with Gasteiger partial charge in [0.2, 0.25) is 0 Å². The summed E-state index contributed by atoms with van der Waals surface area (Å²) in [5.74, 6) is -0.689. The Bertz CT molecular complexity index is 1220. The van der Waals surface area contributed by atoms with Gasteiger partial charge in [-0.05, 0) is 42.3 Å². The second-order valence-electron chi connectivity index (χ2n) is 7.49. The number of methoxy groups -OCH3 is 2. The van der Waals surface area contributed by atoms with Crippen LogP contribution in [0.2, 0.25) is 0 Å². The molecular weight excluding hydrogens is 406 g/mol. The molecule has 0 aromatic heterocycles. The Labute approximate surface area is 186 Å². The number of rotatable bonds is 5. The maximum atomic E-state index is 13.2. The number of Topliss-reactive ketones (excluding diaryl/α,β-unsaturated/α-hetero) is 1. The van der Waals surface area contributed by atoms with Crippen LogP contribution in [0.25, 0.3) is 5.76 Å². The molecule has 6 heteroatoms. The summed E-state index contributed by atoms with van der Waals surface area (Å²) < 4.78 is 10.8. The van der Waals surface area contributed by atoms with Crippen LogP contribution in [0.3, 0.4) is 0 Å². The predicted molar refractivity (Wildman–Crippen MR) is 122 cm³/mol. The molecule has 0 radical (unpaired) electrons. The number of nitrogens with zero attached hydrogens (tertiary/aromatic N) is 1. The van der Waals surface area contributed by atoms with Gasteiger partial charge in [-0.15, -0.1) is 0 Å². The number of aliphatic hydroxyl groups is 1. The van der Waals surface area contributed by atoms with E-state index in [1.807, 2.05) is 31.2 Å². The fourth-order valence-corrected chi connectivity index (χ4v) is 3.97. The smallest absolute Gasteiger partial charge is 0.300 e. The van der Waals surface area contributed by atoms with Crippen LogP contribution in [0, 0.1) is 6.92 Å². The third-order valence-electron chi connectivity index (χ3n) is 5.49. The summed E-state index contributed by atoms with van der Waals surface area (Å²) >= 11 is 0. The molecule has 1 fully saturated rings.